The van der Waals surface area contributed by atoms with Crippen LogP contribution in [0, 0.1) is 10.8 Å². The molecule has 0 unspecified atom stereocenters. The number of hydrogen-bond acceptors (Lipinski definition) is 1. The van der Waals surface area contributed by atoms with Crippen molar-refractivity contribution in [1.82, 2.24) is 0 Å². The molecular weight excluding hydrogens is 158 g/mol. The monoisotopic (exact) mass is 183 g/mol. The summed E-state index contributed by atoms with van der Waals surface area (Å²) in [5.74, 6) is 0. The average molecular weight is 183 g/mol. The summed E-state index contributed by atoms with van der Waals surface area (Å²) in [6.45, 7) is 11.6. The van der Waals surface area contributed by atoms with Crippen molar-refractivity contribution in [3.05, 3.63) is 0 Å². The summed E-state index contributed by atoms with van der Waals surface area (Å²) in [5.41, 5.74) is 7.19. The highest BCUT2D eigenvalue weighted by molar-refractivity contribution is 5.02. The molecule has 13 heavy (non-hydrogen) atoms. The Morgan fingerprint density at radius 2 is 1.54 bits per heavy atom. The minimum atomic E-state index is 0.203. The molecule has 0 radical (unpaired) electrons. The summed E-state index contributed by atoms with van der Waals surface area (Å²) in [5, 5.41) is 0. The van der Waals surface area contributed by atoms with Crippen LogP contribution < -0.4 is 5.73 Å². The van der Waals surface area contributed by atoms with E-state index in [0.717, 1.165) is 0 Å². The Labute approximate surface area is 83.1 Å². The van der Waals surface area contributed by atoms with Crippen LogP contribution in [0.3, 0.4) is 0 Å². The van der Waals surface area contributed by atoms with E-state index in [1.807, 2.05) is 0 Å². The van der Waals surface area contributed by atoms with Gasteiger partial charge in [-0.05, 0) is 36.5 Å². The third-order valence-corrected chi connectivity index (χ3v) is 2.73. The maximum Gasteiger partial charge on any atom is 0.0160 e. The number of nitrogens with two attached hydrogens (primary N) is 1. The lowest BCUT2D eigenvalue weighted by Crippen LogP contribution is -2.32. The first kappa shape index (κ1) is 11.0. The van der Waals surface area contributed by atoms with E-state index in [2.05, 4.69) is 34.6 Å². The quantitative estimate of drug-likeness (QED) is 0.713. The van der Waals surface area contributed by atoms with Gasteiger partial charge in [0.1, 0.15) is 0 Å². The summed E-state index contributed by atoms with van der Waals surface area (Å²) < 4.78 is 0. The second-order valence-electron chi connectivity index (χ2n) is 6.94. The second kappa shape index (κ2) is 2.98. The molecule has 1 rings (SSSR count). The van der Waals surface area contributed by atoms with Crippen molar-refractivity contribution in [3.63, 3.8) is 0 Å². The molecule has 78 valence electrons. The fourth-order valence-electron chi connectivity index (χ4n) is 2.79. The average Bonchev–Trinajstić information content (AvgIpc) is 2.36. The summed E-state index contributed by atoms with van der Waals surface area (Å²) in [4.78, 5) is 0. The molecule has 1 heteroatoms. The van der Waals surface area contributed by atoms with E-state index in [0.29, 0.717) is 10.8 Å². The van der Waals surface area contributed by atoms with Crippen LogP contribution in [0.25, 0.3) is 0 Å². The summed E-state index contributed by atoms with van der Waals surface area (Å²) in [6, 6.07) is 0. The minimum absolute atomic E-state index is 0.203. The predicted molar refractivity (Wildman–Crippen MR) is 58.6 cm³/mol. The fraction of sp³-hybridized carbons (Fsp3) is 1.00. The van der Waals surface area contributed by atoms with Gasteiger partial charge in [-0.3, -0.25) is 0 Å². The zero-order valence-corrected chi connectivity index (χ0v) is 9.91. The maximum atomic E-state index is 6.15. The van der Waals surface area contributed by atoms with Crippen molar-refractivity contribution >= 4 is 0 Å². The molecule has 1 aliphatic carbocycles. The molecule has 0 heterocycles. The van der Waals surface area contributed by atoms with Gasteiger partial charge in [-0.2, -0.15) is 0 Å². The first-order valence-corrected chi connectivity index (χ1v) is 5.41. The normalized spacial score (nSPS) is 21.7. The van der Waals surface area contributed by atoms with Crippen LogP contribution in [0.15, 0.2) is 0 Å². The SMILES string of the molecule is CC(C)(C)CC(C)(C)CC1(N)CC1. The van der Waals surface area contributed by atoms with E-state index in [9.17, 15) is 0 Å². The van der Waals surface area contributed by atoms with E-state index in [1.54, 1.807) is 0 Å². The van der Waals surface area contributed by atoms with Crippen molar-refractivity contribution < 1.29 is 0 Å². The smallest absolute Gasteiger partial charge is 0.0160 e. The molecule has 0 aromatic carbocycles. The molecule has 0 aromatic rings. The molecule has 0 aliphatic heterocycles. The van der Waals surface area contributed by atoms with Gasteiger partial charge in [0, 0.05) is 5.54 Å². The van der Waals surface area contributed by atoms with Gasteiger partial charge in [0.05, 0.1) is 0 Å². The lowest BCUT2D eigenvalue weighted by molar-refractivity contribution is 0.183. The van der Waals surface area contributed by atoms with Gasteiger partial charge in [0.2, 0.25) is 0 Å². The molecule has 0 saturated heterocycles. The first-order chi connectivity index (χ1) is 5.62. The van der Waals surface area contributed by atoms with Crippen LogP contribution in [-0.2, 0) is 0 Å². The van der Waals surface area contributed by atoms with E-state index in [-0.39, 0.29) is 5.54 Å². The highest BCUT2D eigenvalue weighted by atomic mass is 14.8. The van der Waals surface area contributed by atoms with Gasteiger partial charge in [0.25, 0.3) is 0 Å². The third-order valence-electron chi connectivity index (χ3n) is 2.73. The first-order valence-electron chi connectivity index (χ1n) is 5.41. The Balaban J connectivity index is 2.46. The molecule has 1 nitrogen and oxygen atoms in total. The Bertz CT molecular complexity index is 173. The second-order valence-corrected chi connectivity index (χ2v) is 6.94. The van der Waals surface area contributed by atoms with Crippen molar-refractivity contribution in [2.75, 3.05) is 0 Å². The van der Waals surface area contributed by atoms with E-state index in [1.165, 1.54) is 25.7 Å². The van der Waals surface area contributed by atoms with Crippen LogP contribution in [0.4, 0.5) is 0 Å². The van der Waals surface area contributed by atoms with Gasteiger partial charge in [-0.25, -0.2) is 0 Å². The van der Waals surface area contributed by atoms with Crippen LogP contribution >= 0.6 is 0 Å². The summed E-state index contributed by atoms with van der Waals surface area (Å²) >= 11 is 0. The van der Waals surface area contributed by atoms with Gasteiger partial charge >= 0.3 is 0 Å². The zero-order valence-electron chi connectivity index (χ0n) is 9.91. The van der Waals surface area contributed by atoms with Crippen LogP contribution in [0.1, 0.15) is 60.3 Å². The molecule has 0 aromatic heterocycles. The fourth-order valence-corrected chi connectivity index (χ4v) is 2.79. The number of rotatable bonds is 3. The standard InChI is InChI=1S/C12H25N/c1-10(2,3)8-11(4,5)9-12(13)6-7-12/h6-9,13H2,1-5H3. The van der Waals surface area contributed by atoms with Gasteiger partial charge in [-0.15, -0.1) is 0 Å². The van der Waals surface area contributed by atoms with Gasteiger partial charge in [0.15, 0.2) is 0 Å². The predicted octanol–water partition coefficient (Wildman–Crippen LogP) is 3.33. The van der Waals surface area contributed by atoms with Gasteiger partial charge < -0.3 is 5.73 Å². The Hall–Kier alpha value is -0.0400. The van der Waals surface area contributed by atoms with Crippen molar-refractivity contribution in [1.29, 1.82) is 0 Å². The lowest BCUT2D eigenvalue weighted by atomic mass is 9.72. The van der Waals surface area contributed by atoms with Crippen molar-refractivity contribution in [3.8, 4) is 0 Å². The molecule has 1 aliphatic rings. The minimum Gasteiger partial charge on any atom is -0.325 e. The molecule has 2 N–H and O–H groups in total. The maximum absolute atomic E-state index is 6.15. The highest BCUT2D eigenvalue weighted by Crippen LogP contribution is 2.46. The zero-order chi connectivity index (χ0) is 10.3. The molecule has 1 fully saturated rings. The molecule has 0 amide bonds. The van der Waals surface area contributed by atoms with Crippen LogP contribution in [-0.4, -0.2) is 5.54 Å². The molecule has 0 atom stereocenters. The number of hydrogen-bond donors (Lipinski definition) is 1. The largest absolute Gasteiger partial charge is 0.325 e. The van der Waals surface area contributed by atoms with Crippen molar-refractivity contribution in [2.45, 2.75) is 65.8 Å². The molecule has 0 bridgehead atoms. The van der Waals surface area contributed by atoms with Crippen molar-refractivity contribution in [2.24, 2.45) is 16.6 Å². The topological polar surface area (TPSA) is 26.0 Å². The van der Waals surface area contributed by atoms with Crippen LogP contribution in [0.2, 0.25) is 0 Å². The Morgan fingerprint density at radius 1 is 1.08 bits per heavy atom. The summed E-state index contributed by atoms with van der Waals surface area (Å²) in [6.07, 6.45) is 4.93. The Kier molecular flexibility index (Phi) is 2.53. The lowest BCUT2D eigenvalue weighted by Gasteiger charge is -2.34. The van der Waals surface area contributed by atoms with E-state index >= 15 is 0 Å². The molecule has 0 spiro atoms. The van der Waals surface area contributed by atoms with Gasteiger partial charge in [-0.1, -0.05) is 34.6 Å². The Morgan fingerprint density at radius 3 is 1.85 bits per heavy atom. The van der Waals surface area contributed by atoms with E-state index < -0.39 is 0 Å². The molecule has 1 saturated carbocycles. The third kappa shape index (κ3) is 4.12. The highest BCUT2D eigenvalue weighted by Gasteiger charge is 2.43. The molecular formula is C12H25N. The van der Waals surface area contributed by atoms with Crippen LogP contribution in [0.5, 0.6) is 0 Å². The summed E-state index contributed by atoms with van der Waals surface area (Å²) in [7, 11) is 0. The van der Waals surface area contributed by atoms with E-state index in [4.69, 9.17) is 5.73 Å².